The molecule has 0 aliphatic heterocycles. The Morgan fingerprint density at radius 1 is 1.14 bits per heavy atom. The molecule has 3 rings (SSSR count). The molecular formula is C26H30FN3O4S. The molecule has 9 heteroatoms. The molecule has 0 spiro atoms. The maximum absolute atomic E-state index is 14.6. The highest BCUT2D eigenvalue weighted by atomic mass is 32.2. The summed E-state index contributed by atoms with van der Waals surface area (Å²) in [5, 5.41) is 0. The molecule has 186 valence electrons. The number of carbonyl (C=O) groups excluding carboxylic acids is 1. The van der Waals surface area contributed by atoms with Crippen LogP contribution < -0.4 is 14.4 Å². The Hall–Kier alpha value is -3.46. The fourth-order valence-electron chi connectivity index (χ4n) is 3.93. The Labute approximate surface area is 206 Å². The van der Waals surface area contributed by atoms with Crippen molar-refractivity contribution in [2.45, 2.75) is 38.0 Å². The van der Waals surface area contributed by atoms with E-state index in [-0.39, 0.29) is 17.2 Å². The molecule has 0 fully saturated rings. The molecule has 1 heterocycles. The molecule has 1 N–H and O–H groups in total. The van der Waals surface area contributed by atoms with Crippen LogP contribution in [0.15, 0.2) is 53.6 Å². The molecule has 0 aliphatic rings. The van der Waals surface area contributed by atoms with Crippen LogP contribution in [0.1, 0.15) is 36.5 Å². The number of halogens is 1. The SMILES string of the molecule is COc1cc(-c2cc(F)cc(C(C)C)c2CC(=O)NS(=O)(=O)c2ccc(N(C)C)cc2C)ccn1. The summed E-state index contributed by atoms with van der Waals surface area (Å²) in [5.41, 5.74) is 3.62. The second-order valence-electron chi connectivity index (χ2n) is 8.81. The van der Waals surface area contributed by atoms with E-state index in [0.717, 1.165) is 5.69 Å². The van der Waals surface area contributed by atoms with E-state index in [9.17, 15) is 17.6 Å². The minimum Gasteiger partial charge on any atom is -0.481 e. The summed E-state index contributed by atoms with van der Waals surface area (Å²) >= 11 is 0. The highest BCUT2D eigenvalue weighted by Crippen LogP contribution is 2.33. The van der Waals surface area contributed by atoms with Gasteiger partial charge in [0.25, 0.3) is 10.0 Å². The van der Waals surface area contributed by atoms with Gasteiger partial charge in [0.1, 0.15) is 5.82 Å². The Kier molecular flexibility index (Phi) is 7.80. The molecule has 0 atom stereocenters. The number of hydrogen-bond donors (Lipinski definition) is 1. The number of nitrogens with one attached hydrogen (secondary N) is 1. The summed E-state index contributed by atoms with van der Waals surface area (Å²) in [7, 11) is 1.09. The lowest BCUT2D eigenvalue weighted by atomic mass is 9.88. The topological polar surface area (TPSA) is 88.6 Å². The summed E-state index contributed by atoms with van der Waals surface area (Å²) in [6, 6.07) is 11.0. The van der Waals surface area contributed by atoms with Gasteiger partial charge in [-0.2, -0.15) is 0 Å². The second kappa shape index (κ2) is 10.4. The number of carbonyl (C=O) groups is 1. The van der Waals surface area contributed by atoms with E-state index in [0.29, 0.717) is 33.7 Å². The van der Waals surface area contributed by atoms with Crippen LogP contribution in [0.25, 0.3) is 11.1 Å². The van der Waals surface area contributed by atoms with E-state index in [1.807, 2.05) is 32.8 Å². The predicted molar refractivity (Wildman–Crippen MR) is 135 cm³/mol. The molecular weight excluding hydrogens is 469 g/mol. The smallest absolute Gasteiger partial charge is 0.264 e. The van der Waals surface area contributed by atoms with Gasteiger partial charge in [-0.1, -0.05) is 13.8 Å². The van der Waals surface area contributed by atoms with Crippen LogP contribution in [0.4, 0.5) is 10.1 Å². The van der Waals surface area contributed by atoms with Crippen molar-refractivity contribution in [3.8, 4) is 17.0 Å². The zero-order valence-electron chi connectivity index (χ0n) is 20.7. The lowest BCUT2D eigenvalue weighted by Crippen LogP contribution is -2.32. The first-order valence-electron chi connectivity index (χ1n) is 11.1. The number of nitrogens with zero attached hydrogens (tertiary/aromatic N) is 2. The number of pyridine rings is 1. The number of ether oxygens (including phenoxy) is 1. The first-order chi connectivity index (χ1) is 16.4. The molecule has 0 unspecified atom stereocenters. The maximum Gasteiger partial charge on any atom is 0.264 e. The van der Waals surface area contributed by atoms with Crippen LogP contribution >= 0.6 is 0 Å². The van der Waals surface area contributed by atoms with Crippen LogP contribution in [-0.2, 0) is 21.2 Å². The summed E-state index contributed by atoms with van der Waals surface area (Å²) in [4.78, 5) is 19.0. The minimum absolute atomic E-state index is 0.0266. The lowest BCUT2D eigenvalue weighted by molar-refractivity contribution is -0.118. The average Bonchev–Trinajstić information content (AvgIpc) is 2.79. The van der Waals surface area contributed by atoms with Gasteiger partial charge in [0.2, 0.25) is 11.8 Å². The highest BCUT2D eigenvalue weighted by molar-refractivity contribution is 7.90. The van der Waals surface area contributed by atoms with Crippen molar-refractivity contribution in [2.24, 2.45) is 0 Å². The monoisotopic (exact) mass is 499 g/mol. The van der Waals surface area contributed by atoms with Crippen molar-refractivity contribution < 1.29 is 22.3 Å². The van der Waals surface area contributed by atoms with Crippen LogP contribution in [0, 0.1) is 12.7 Å². The molecule has 1 amide bonds. The van der Waals surface area contributed by atoms with Crippen LogP contribution in [0.5, 0.6) is 5.88 Å². The van der Waals surface area contributed by atoms with Crippen molar-refractivity contribution >= 4 is 21.6 Å². The fourth-order valence-corrected chi connectivity index (χ4v) is 5.14. The van der Waals surface area contributed by atoms with Crippen LogP contribution in [-0.4, -0.2) is 40.5 Å². The molecule has 35 heavy (non-hydrogen) atoms. The Morgan fingerprint density at radius 2 is 1.86 bits per heavy atom. The number of methoxy groups -OCH3 is 1. The second-order valence-corrected chi connectivity index (χ2v) is 10.5. The van der Waals surface area contributed by atoms with E-state index in [1.165, 1.54) is 31.5 Å². The maximum atomic E-state index is 14.6. The van der Waals surface area contributed by atoms with E-state index in [4.69, 9.17) is 4.74 Å². The minimum atomic E-state index is -4.10. The van der Waals surface area contributed by atoms with Gasteiger partial charge in [-0.3, -0.25) is 4.79 Å². The van der Waals surface area contributed by atoms with Crippen molar-refractivity contribution in [1.29, 1.82) is 0 Å². The van der Waals surface area contributed by atoms with Crippen molar-refractivity contribution in [3.05, 3.63) is 71.2 Å². The van der Waals surface area contributed by atoms with Gasteiger partial charge < -0.3 is 9.64 Å². The first-order valence-corrected chi connectivity index (χ1v) is 12.6. The lowest BCUT2D eigenvalue weighted by Gasteiger charge is -2.19. The normalized spacial score (nSPS) is 11.4. The number of aryl methyl sites for hydroxylation is 1. The third kappa shape index (κ3) is 5.97. The number of rotatable bonds is 8. The third-order valence-electron chi connectivity index (χ3n) is 5.68. The third-order valence-corrected chi connectivity index (χ3v) is 7.21. The van der Waals surface area contributed by atoms with Gasteiger partial charge in [-0.05, 0) is 77.1 Å². The number of hydrogen-bond acceptors (Lipinski definition) is 6. The predicted octanol–water partition coefficient (Wildman–Crippen LogP) is 4.44. The molecule has 0 bridgehead atoms. The quantitative estimate of drug-likeness (QED) is 0.493. The summed E-state index contributed by atoms with van der Waals surface area (Å²) in [6.07, 6.45) is 1.28. The van der Waals surface area contributed by atoms with E-state index in [1.54, 1.807) is 31.2 Å². The zero-order valence-corrected chi connectivity index (χ0v) is 21.5. The van der Waals surface area contributed by atoms with Gasteiger partial charge >= 0.3 is 0 Å². The van der Waals surface area contributed by atoms with Crippen LogP contribution in [0.2, 0.25) is 0 Å². The van der Waals surface area contributed by atoms with Crippen molar-refractivity contribution in [2.75, 3.05) is 26.1 Å². The summed E-state index contributed by atoms with van der Waals surface area (Å²) in [5.74, 6) is -0.925. The fraction of sp³-hybridized carbons (Fsp3) is 0.308. The van der Waals surface area contributed by atoms with Crippen LogP contribution in [0.3, 0.4) is 0 Å². The largest absolute Gasteiger partial charge is 0.481 e. The van der Waals surface area contributed by atoms with Gasteiger partial charge in [0, 0.05) is 32.0 Å². The Balaban J connectivity index is 1.99. The van der Waals surface area contributed by atoms with Gasteiger partial charge in [0.15, 0.2) is 0 Å². The molecule has 0 saturated heterocycles. The molecule has 1 aromatic heterocycles. The summed E-state index contributed by atoms with van der Waals surface area (Å²) in [6.45, 7) is 5.46. The number of benzene rings is 2. The standard InChI is InChI=1S/C26H30FN3O4S/c1-16(2)21-13-19(27)14-22(18-9-10-28-26(12-18)34-6)23(21)15-25(31)29-35(32,33)24-8-7-20(30(4)5)11-17(24)3/h7-14,16H,15H2,1-6H3,(H,29,31). The van der Waals surface area contributed by atoms with Gasteiger partial charge in [0.05, 0.1) is 18.4 Å². The van der Waals surface area contributed by atoms with E-state index in [2.05, 4.69) is 9.71 Å². The molecule has 0 aliphatic carbocycles. The highest BCUT2D eigenvalue weighted by Gasteiger charge is 2.23. The van der Waals surface area contributed by atoms with E-state index < -0.39 is 21.7 Å². The Morgan fingerprint density at radius 3 is 2.46 bits per heavy atom. The van der Waals surface area contributed by atoms with Crippen molar-refractivity contribution in [3.63, 3.8) is 0 Å². The molecule has 0 radical (unpaired) electrons. The first kappa shape index (κ1) is 26.2. The number of aromatic nitrogens is 1. The Bertz CT molecular complexity index is 1350. The average molecular weight is 500 g/mol. The molecule has 0 saturated carbocycles. The number of amides is 1. The number of anilines is 1. The number of sulfonamides is 1. The molecule has 7 nitrogen and oxygen atoms in total. The van der Waals surface area contributed by atoms with Gasteiger partial charge in [-0.25, -0.2) is 22.5 Å². The zero-order chi connectivity index (χ0) is 25.9. The van der Waals surface area contributed by atoms with E-state index >= 15 is 0 Å². The molecule has 3 aromatic rings. The summed E-state index contributed by atoms with van der Waals surface area (Å²) < 4.78 is 48.0. The van der Waals surface area contributed by atoms with Crippen molar-refractivity contribution in [1.82, 2.24) is 9.71 Å². The molecule has 2 aromatic carbocycles. The van der Waals surface area contributed by atoms with Gasteiger partial charge in [-0.15, -0.1) is 0 Å².